The molecule has 2 aromatic heterocycles. The minimum absolute atomic E-state index is 0.0299. The number of esters is 1. The molecule has 5 aromatic rings. The molecule has 3 heterocycles. The van der Waals surface area contributed by atoms with E-state index in [1.54, 1.807) is 59.2 Å². The predicted molar refractivity (Wildman–Crippen MR) is 161 cm³/mol. The van der Waals surface area contributed by atoms with E-state index < -0.39 is 16.9 Å². The summed E-state index contributed by atoms with van der Waals surface area (Å²) in [6.07, 6.45) is 3.16. The van der Waals surface area contributed by atoms with Gasteiger partial charge in [-0.05, 0) is 53.8 Å². The maximum Gasteiger partial charge on any atom is 0.337 e. The summed E-state index contributed by atoms with van der Waals surface area (Å²) in [5, 5.41) is 11.6. The van der Waals surface area contributed by atoms with Crippen molar-refractivity contribution in [2.45, 2.75) is 18.9 Å². The number of nitro groups is 1. The Bertz CT molecular complexity index is 2150. The fraction of sp³-hybridized carbons (Fsp3) is 0.121. The summed E-state index contributed by atoms with van der Waals surface area (Å²) >= 11 is 1.26. The molecular formula is C33H23N3O6S. The number of ether oxygens (including phenoxy) is 1. The topological polar surface area (TPSA) is 117 Å². The second-order valence-corrected chi connectivity index (χ2v) is 11.2. The number of rotatable bonds is 5. The molecule has 0 fully saturated rings. The van der Waals surface area contributed by atoms with Crippen molar-refractivity contribution in [3.8, 4) is 11.3 Å². The molecule has 1 aliphatic heterocycles. The van der Waals surface area contributed by atoms with Crippen LogP contribution in [0, 0.1) is 10.1 Å². The van der Waals surface area contributed by atoms with Gasteiger partial charge in [0.05, 0.1) is 33.9 Å². The zero-order valence-electron chi connectivity index (χ0n) is 22.9. The lowest BCUT2D eigenvalue weighted by Gasteiger charge is -2.30. The number of non-ortho nitro benzene ring substituents is 1. The smallest absolute Gasteiger partial charge is 0.337 e. The number of benzene rings is 3. The summed E-state index contributed by atoms with van der Waals surface area (Å²) in [6, 6.07) is 24.5. The van der Waals surface area contributed by atoms with Gasteiger partial charge in [0.1, 0.15) is 11.5 Å². The van der Waals surface area contributed by atoms with Gasteiger partial charge in [0.2, 0.25) is 0 Å². The molecule has 0 unspecified atom stereocenters. The van der Waals surface area contributed by atoms with Crippen molar-refractivity contribution in [3.63, 3.8) is 0 Å². The number of allylic oxidation sites excluding steroid dienone is 1. The number of thiazole rings is 1. The summed E-state index contributed by atoms with van der Waals surface area (Å²) in [5.41, 5.74) is 5.59. The fourth-order valence-corrected chi connectivity index (χ4v) is 6.72. The number of furan rings is 1. The highest BCUT2D eigenvalue weighted by molar-refractivity contribution is 7.07. The van der Waals surface area contributed by atoms with Gasteiger partial charge in [-0.2, -0.15) is 0 Å². The van der Waals surface area contributed by atoms with Crippen molar-refractivity contribution in [1.29, 1.82) is 0 Å². The van der Waals surface area contributed by atoms with E-state index in [1.807, 2.05) is 24.3 Å². The third-order valence-corrected chi connectivity index (χ3v) is 8.74. The molecule has 0 N–H and O–H groups in total. The van der Waals surface area contributed by atoms with E-state index in [0.29, 0.717) is 38.4 Å². The summed E-state index contributed by atoms with van der Waals surface area (Å²) in [7, 11) is 1.33. The lowest BCUT2D eigenvalue weighted by atomic mass is 9.83. The summed E-state index contributed by atoms with van der Waals surface area (Å²) in [6.45, 7) is 0. The molecule has 10 heteroatoms. The van der Waals surface area contributed by atoms with Crippen molar-refractivity contribution >= 4 is 34.8 Å². The number of carbonyl (C=O) groups excluding carboxylic acids is 1. The lowest BCUT2D eigenvalue weighted by molar-refractivity contribution is -0.384. The van der Waals surface area contributed by atoms with Gasteiger partial charge in [-0.1, -0.05) is 59.9 Å². The molecule has 3 aromatic carbocycles. The van der Waals surface area contributed by atoms with Crippen LogP contribution in [0.1, 0.15) is 45.3 Å². The van der Waals surface area contributed by atoms with E-state index in [2.05, 4.69) is 6.07 Å². The number of carbonyl (C=O) groups is 1. The van der Waals surface area contributed by atoms with Crippen LogP contribution in [-0.2, 0) is 11.2 Å². The highest BCUT2D eigenvalue weighted by atomic mass is 32.1. The Kier molecular flexibility index (Phi) is 6.47. The third kappa shape index (κ3) is 4.61. The molecule has 9 nitrogen and oxygen atoms in total. The molecule has 0 radical (unpaired) electrons. The molecule has 1 atom stereocenters. The largest absolute Gasteiger partial charge is 0.465 e. The van der Waals surface area contributed by atoms with E-state index in [-0.39, 0.29) is 11.2 Å². The molecule has 1 aliphatic carbocycles. The van der Waals surface area contributed by atoms with Gasteiger partial charge in [0.25, 0.3) is 11.2 Å². The summed E-state index contributed by atoms with van der Waals surface area (Å²) in [4.78, 5) is 42.5. The van der Waals surface area contributed by atoms with Crippen molar-refractivity contribution in [1.82, 2.24) is 4.57 Å². The van der Waals surface area contributed by atoms with Crippen molar-refractivity contribution < 1.29 is 18.9 Å². The Morgan fingerprint density at radius 2 is 1.88 bits per heavy atom. The van der Waals surface area contributed by atoms with E-state index >= 15 is 0 Å². The first-order valence-corrected chi connectivity index (χ1v) is 14.4. The van der Waals surface area contributed by atoms with Crippen LogP contribution in [0.2, 0.25) is 0 Å². The van der Waals surface area contributed by atoms with Crippen LogP contribution in [0.4, 0.5) is 5.69 Å². The Hall–Kier alpha value is -5.35. The van der Waals surface area contributed by atoms with Gasteiger partial charge in [0.15, 0.2) is 4.80 Å². The number of hydrogen-bond donors (Lipinski definition) is 0. The first kappa shape index (κ1) is 26.5. The minimum atomic E-state index is -0.526. The highest BCUT2D eigenvalue weighted by Gasteiger charge is 2.33. The molecule has 43 heavy (non-hydrogen) atoms. The van der Waals surface area contributed by atoms with Crippen molar-refractivity contribution in [2.24, 2.45) is 4.99 Å². The van der Waals surface area contributed by atoms with E-state index in [9.17, 15) is 19.7 Å². The summed E-state index contributed by atoms with van der Waals surface area (Å²) in [5.74, 6) is 0.644. The zero-order valence-corrected chi connectivity index (χ0v) is 23.7. The first-order chi connectivity index (χ1) is 20.9. The average Bonchev–Trinajstić information content (AvgIpc) is 3.63. The number of aromatic nitrogens is 1. The van der Waals surface area contributed by atoms with Crippen molar-refractivity contribution in [2.75, 3.05) is 7.11 Å². The van der Waals surface area contributed by atoms with Gasteiger partial charge in [-0.15, -0.1) is 0 Å². The maximum atomic E-state index is 14.0. The quantitative estimate of drug-likeness (QED) is 0.157. The van der Waals surface area contributed by atoms with Crippen LogP contribution in [0.5, 0.6) is 0 Å². The maximum absolute atomic E-state index is 14.0. The molecule has 2 aliphatic rings. The first-order valence-electron chi connectivity index (χ1n) is 13.6. The van der Waals surface area contributed by atoms with Crippen LogP contribution in [0.25, 0.3) is 23.1 Å². The predicted octanol–water partition coefficient (Wildman–Crippen LogP) is 5.27. The number of aryl methyl sites for hydroxylation is 1. The van der Waals surface area contributed by atoms with E-state index in [0.717, 1.165) is 28.8 Å². The molecule has 0 saturated heterocycles. The van der Waals surface area contributed by atoms with Gasteiger partial charge < -0.3 is 9.15 Å². The highest BCUT2D eigenvalue weighted by Crippen LogP contribution is 2.41. The van der Waals surface area contributed by atoms with Crippen LogP contribution in [0.3, 0.4) is 0 Å². The molecular weight excluding hydrogens is 566 g/mol. The average molecular weight is 590 g/mol. The number of nitrogens with zero attached hydrogens (tertiary/aromatic N) is 3. The standard InChI is InChI=1S/C33H23N3O6S/c1-41-32(38)21-11-9-20(10-12-21)27-16-14-24(42-27)18-28-31(37)35-30(22-6-4-7-23(17-22)36(39)40)26-15-13-19-5-2-3-8-25(19)29(26)34-33(35)43-28/h2-12,14,16-18,30H,13,15H2,1H3/b28-18+/t30-/m0/s1. The molecule has 0 spiro atoms. The minimum Gasteiger partial charge on any atom is -0.465 e. The number of nitro benzene ring substituents is 1. The molecule has 212 valence electrons. The van der Waals surface area contributed by atoms with Gasteiger partial charge >= 0.3 is 5.97 Å². The second-order valence-electron chi connectivity index (χ2n) is 10.2. The molecule has 0 amide bonds. The Morgan fingerprint density at radius 1 is 1.07 bits per heavy atom. The van der Waals surface area contributed by atoms with Gasteiger partial charge in [-0.25, -0.2) is 9.79 Å². The van der Waals surface area contributed by atoms with E-state index in [4.69, 9.17) is 14.1 Å². The molecule has 0 saturated carbocycles. The Balaban J connectivity index is 1.35. The van der Waals surface area contributed by atoms with Crippen LogP contribution in [-0.4, -0.2) is 22.6 Å². The number of fused-ring (bicyclic) bond motifs is 3. The van der Waals surface area contributed by atoms with Crippen LogP contribution < -0.4 is 14.9 Å². The SMILES string of the molecule is COC(=O)c1ccc(-c2ccc(/C=c3/sc4n(c3=O)[C@@H](c3cccc([N+](=O)[O-])c3)C3=C(N=4)c4ccccc4CC3)o2)cc1. The fourth-order valence-electron chi connectivity index (χ4n) is 5.73. The normalized spacial score (nSPS) is 15.7. The van der Waals surface area contributed by atoms with Gasteiger partial charge in [-0.3, -0.25) is 19.5 Å². The van der Waals surface area contributed by atoms with Gasteiger partial charge in [0, 0.05) is 29.3 Å². The summed E-state index contributed by atoms with van der Waals surface area (Å²) < 4.78 is 12.9. The van der Waals surface area contributed by atoms with Crippen LogP contribution >= 0.6 is 11.3 Å². The van der Waals surface area contributed by atoms with Crippen molar-refractivity contribution in [3.05, 3.63) is 148 Å². The monoisotopic (exact) mass is 589 g/mol. The molecule has 7 rings (SSSR count). The third-order valence-electron chi connectivity index (χ3n) is 7.76. The second kappa shape index (κ2) is 10.5. The molecule has 0 bridgehead atoms. The van der Waals surface area contributed by atoms with E-state index in [1.165, 1.54) is 30.1 Å². The Labute approximate surface area is 248 Å². The number of methoxy groups -OCH3 is 1. The lowest BCUT2D eigenvalue weighted by Crippen LogP contribution is -2.38. The van der Waals surface area contributed by atoms with Crippen LogP contribution in [0.15, 0.2) is 105 Å². The Morgan fingerprint density at radius 3 is 2.67 bits per heavy atom. The zero-order chi connectivity index (χ0) is 29.7. The number of hydrogen-bond acceptors (Lipinski definition) is 8.